The SMILES string of the molecule is CC(C)[C@@H]1CC[C@@H](C)C[C@H]1OC(=O)COC(=O)C1CCN(S(=O)(=O)c2cccs2)CC1. The Balaban J connectivity index is 1.44. The van der Waals surface area contributed by atoms with E-state index in [1.54, 1.807) is 17.5 Å². The monoisotopic (exact) mass is 471 g/mol. The fourth-order valence-corrected chi connectivity index (χ4v) is 7.18. The Hall–Kier alpha value is -1.45. The highest BCUT2D eigenvalue weighted by molar-refractivity contribution is 7.91. The summed E-state index contributed by atoms with van der Waals surface area (Å²) in [6, 6.07) is 3.29. The minimum absolute atomic E-state index is 0.124. The van der Waals surface area contributed by atoms with Crippen LogP contribution in [-0.2, 0) is 29.1 Å². The van der Waals surface area contributed by atoms with E-state index in [0.717, 1.165) is 19.3 Å². The van der Waals surface area contributed by atoms with Gasteiger partial charge < -0.3 is 9.47 Å². The van der Waals surface area contributed by atoms with Crippen molar-refractivity contribution < 1.29 is 27.5 Å². The zero-order valence-electron chi connectivity index (χ0n) is 18.5. The topological polar surface area (TPSA) is 90.0 Å². The lowest BCUT2D eigenvalue weighted by Crippen LogP contribution is -2.41. The van der Waals surface area contributed by atoms with Gasteiger partial charge in [-0.2, -0.15) is 4.31 Å². The van der Waals surface area contributed by atoms with Crippen LogP contribution in [0, 0.1) is 23.7 Å². The van der Waals surface area contributed by atoms with Crippen molar-refractivity contribution in [2.75, 3.05) is 19.7 Å². The normalized spacial score (nSPS) is 26.0. The Morgan fingerprint density at radius 3 is 2.52 bits per heavy atom. The number of carbonyl (C=O) groups is 2. The third-order valence-corrected chi connectivity index (χ3v) is 9.72. The zero-order chi connectivity index (χ0) is 22.6. The molecule has 0 unspecified atom stereocenters. The molecule has 2 aliphatic rings. The van der Waals surface area contributed by atoms with Crippen molar-refractivity contribution in [3.8, 4) is 0 Å². The minimum Gasteiger partial charge on any atom is -0.460 e. The summed E-state index contributed by atoms with van der Waals surface area (Å²) in [5.74, 6) is -0.0704. The summed E-state index contributed by atoms with van der Waals surface area (Å²) in [5, 5.41) is 1.73. The van der Waals surface area contributed by atoms with Crippen LogP contribution in [0.1, 0.15) is 52.9 Å². The molecule has 7 nitrogen and oxygen atoms in total. The van der Waals surface area contributed by atoms with Crippen LogP contribution in [0.5, 0.6) is 0 Å². The lowest BCUT2D eigenvalue weighted by molar-refractivity contribution is -0.169. The molecule has 2 fully saturated rings. The molecule has 0 spiro atoms. The molecular formula is C22H33NO6S2. The van der Waals surface area contributed by atoms with Gasteiger partial charge in [-0.25, -0.2) is 13.2 Å². The molecule has 3 rings (SSSR count). The van der Waals surface area contributed by atoms with Gasteiger partial charge in [0.25, 0.3) is 10.0 Å². The number of piperidine rings is 1. The first kappa shape index (κ1) is 24.2. The van der Waals surface area contributed by atoms with Gasteiger partial charge in [-0.1, -0.05) is 33.3 Å². The highest BCUT2D eigenvalue weighted by Crippen LogP contribution is 2.35. The maximum atomic E-state index is 12.6. The van der Waals surface area contributed by atoms with E-state index in [1.807, 2.05) is 0 Å². The zero-order valence-corrected chi connectivity index (χ0v) is 20.1. The Labute approximate surface area is 189 Å². The second-order valence-corrected chi connectivity index (χ2v) is 12.2. The van der Waals surface area contributed by atoms with E-state index in [4.69, 9.17) is 9.47 Å². The van der Waals surface area contributed by atoms with E-state index in [2.05, 4.69) is 20.8 Å². The van der Waals surface area contributed by atoms with Crippen LogP contribution < -0.4 is 0 Å². The number of hydrogen-bond donors (Lipinski definition) is 0. The Morgan fingerprint density at radius 2 is 1.90 bits per heavy atom. The fraction of sp³-hybridized carbons (Fsp3) is 0.727. The third kappa shape index (κ3) is 6.08. The van der Waals surface area contributed by atoms with Crippen molar-refractivity contribution in [2.24, 2.45) is 23.7 Å². The third-order valence-electron chi connectivity index (χ3n) is 6.45. The van der Waals surface area contributed by atoms with Crippen molar-refractivity contribution in [2.45, 2.75) is 63.2 Å². The van der Waals surface area contributed by atoms with Crippen LogP contribution in [0.25, 0.3) is 0 Å². The van der Waals surface area contributed by atoms with Crippen molar-refractivity contribution in [1.29, 1.82) is 0 Å². The van der Waals surface area contributed by atoms with Gasteiger partial charge >= 0.3 is 11.9 Å². The molecule has 174 valence electrons. The van der Waals surface area contributed by atoms with Crippen LogP contribution in [-0.4, -0.2) is 50.5 Å². The lowest BCUT2D eigenvalue weighted by atomic mass is 9.75. The number of nitrogens with zero attached hydrogens (tertiary/aromatic N) is 1. The number of hydrogen-bond acceptors (Lipinski definition) is 7. The van der Waals surface area contributed by atoms with E-state index in [0.29, 0.717) is 34.8 Å². The van der Waals surface area contributed by atoms with Gasteiger partial charge in [-0.3, -0.25) is 4.79 Å². The van der Waals surface area contributed by atoms with E-state index in [9.17, 15) is 18.0 Å². The van der Waals surface area contributed by atoms with E-state index in [-0.39, 0.29) is 25.8 Å². The first-order valence-corrected chi connectivity index (χ1v) is 13.4. The first-order valence-electron chi connectivity index (χ1n) is 11.1. The number of ether oxygens (including phenoxy) is 2. The van der Waals surface area contributed by atoms with Crippen LogP contribution >= 0.6 is 11.3 Å². The van der Waals surface area contributed by atoms with Crippen molar-refractivity contribution in [3.05, 3.63) is 17.5 Å². The molecule has 31 heavy (non-hydrogen) atoms. The molecular weight excluding hydrogens is 438 g/mol. The maximum Gasteiger partial charge on any atom is 0.344 e. The van der Waals surface area contributed by atoms with Gasteiger partial charge in [-0.05, 0) is 54.9 Å². The molecule has 1 saturated carbocycles. The Bertz CT molecular complexity index is 843. The Morgan fingerprint density at radius 1 is 1.19 bits per heavy atom. The van der Waals surface area contributed by atoms with Crippen LogP contribution in [0.4, 0.5) is 0 Å². The summed E-state index contributed by atoms with van der Waals surface area (Å²) in [6.45, 7) is 6.60. The average molecular weight is 472 g/mol. The Kier molecular flexibility index (Phi) is 8.15. The van der Waals surface area contributed by atoms with Gasteiger partial charge in [0.2, 0.25) is 0 Å². The molecule has 1 aliphatic carbocycles. The van der Waals surface area contributed by atoms with E-state index in [1.165, 1.54) is 15.6 Å². The van der Waals surface area contributed by atoms with Crippen LogP contribution in [0.3, 0.4) is 0 Å². The van der Waals surface area contributed by atoms with Gasteiger partial charge in [0.05, 0.1) is 5.92 Å². The molecule has 9 heteroatoms. The summed E-state index contributed by atoms with van der Waals surface area (Å²) in [4.78, 5) is 24.7. The van der Waals surface area contributed by atoms with E-state index < -0.39 is 27.9 Å². The van der Waals surface area contributed by atoms with Crippen molar-refractivity contribution in [1.82, 2.24) is 4.31 Å². The summed E-state index contributed by atoms with van der Waals surface area (Å²) in [6.07, 6.45) is 3.68. The molecule has 0 N–H and O–H groups in total. The fourth-order valence-electron chi connectivity index (χ4n) is 4.57. The summed E-state index contributed by atoms with van der Waals surface area (Å²) in [7, 11) is -3.50. The number of thiophene rings is 1. The highest BCUT2D eigenvalue weighted by Gasteiger charge is 2.35. The largest absolute Gasteiger partial charge is 0.460 e. The highest BCUT2D eigenvalue weighted by atomic mass is 32.2. The predicted octanol–water partition coefficient (Wildman–Crippen LogP) is 3.70. The number of rotatable bonds is 7. The first-order chi connectivity index (χ1) is 14.7. The molecule has 3 atom stereocenters. The van der Waals surface area contributed by atoms with Gasteiger partial charge in [0.1, 0.15) is 10.3 Å². The summed E-state index contributed by atoms with van der Waals surface area (Å²) >= 11 is 1.19. The van der Waals surface area contributed by atoms with E-state index >= 15 is 0 Å². The van der Waals surface area contributed by atoms with Gasteiger partial charge in [0.15, 0.2) is 6.61 Å². The smallest absolute Gasteiger partial charge is 0.344 e. The molecule has 0 aromatic carbocycles. The molecule has 0 radical (unpaired) electrons. The number of sulfonamides is 1. The van der Waals surface area contributed by atoms with Gasteiger partial charge in [0, 0.05) is 13.1 Å². The molecule has 2 heterocycles. The molecule has 1 aromatic rings. The number of esters is 2. The molecule has 1 aromatic heterocycles. The predicted molar refractivity (Wildman–Crippen MR) is 118 cm³/mol. The molecule has 0 bridgehead atoms. The summed E-state index contributed by atoms with van der Waals surface area (Å²) in [5.41, 5.74) is 0. The molecule has 0 amide bonds. The maximum absolute atomic E-state index is 12.6. The second-order valence-electron chi connectivity index (χ2n) is 9.07. The summed E-state index contributed by atoms with van der Waals surface area (Å²) < 4.78 is 37.8. The quantitative estimate of drug-likeness (QED) is 0.564. The van der Waals surface area contributed by atoms with Crippen molar-refractivity contribution >= 4 is 33.3 Å². The van der Waals surface area contributed by atoms with Gasteiger partial charge in [-0.15, -0.1) is 11.3 Å². The molecule has 1 aliphatic heterocycles. The second kappa shape index (κ2) is 10.4. The van der Waals surface area contributed by atoms with Crippen LogP contribution in [0.2, 0.25) is 0 Å². The lowest BCUT2D eigenvalue weighted by Gasteiger charge is -2.36. The van der Waals surface area contributed by atoms with Crippen molar-refractivity contribution in [3.63, 3.8) is 0 Å². The average Bonchev–Trinajstić information content (AvgIpc) is 3.28. The number of carbonyl (C=O) groups excluding carboxylic acids is 2. The molecule has 1 saturated heterocycles. The standard InChI is InChI=1S/C22H33NO6S2/c1-15(2)18-7-6-16(3)13-19(18)29-20(24)14-28-22(25)17-8-10-23(11-9-17)31(26,27)21-5-4-12-30-21/h4-5,12,15-19H,6-11,13-14H2,1-3H3/t16-,18+,19-/m1/s1. The minimum atomic E-state index is -3.50. The van der Waals surface area contributed by atoms with Crippen LogP contribution in [0.15, 0.2) is 21.7 Å².